The molecule has 0 aliphatic carbocycles. The molecule has 11 heteroatoms. The van der Waals surface area contributed by atoms with Gasteiger partial charge in [0.25, 0.3) is 5.56 Å². The van der Waals surface area contributed by atoms with E-state index < -0.39 is 17.3 Å². The monoisotopic (exact) mass is 457 g/mol. The number of benzene rings is 1. The highest BCUT2D eigenvalue weighted by molar-refractivity contribution is 8.00. The van der Waals surface area contributed by atoms with Gasteiger partial charge >= 0.3 is 6.18 Å². The fourth-order valence-electron chi connectivity index (χ4n) is 3.27. The zero-order valence-corrected chi connectivity index (χ0v) is 17.4. The van der Waals surface area contributed by atoms with E-state index >= 15 is 0 Å². The van der Waals surface area contributed by atoms with E-state index in [1.165, 1.54) is 28.5 Å². The third-order valence-electron chi connectivity index (χ3n) is 4.79. The van der Waals surface area contributed by atoms with Crippen molar-refractivity contribution in [2.45, 2.75) is 22.6 Å². The van der Waals surface area contributed by atoms with Gasteiger partial charge in [0.1, 0.15) is 0 Å². The first-order valence-electron chi connectivity index (χ1n) is 9.29. The Morgan fingerprint density at radius 1 is 1.27 bits per heavy atom. The number of amides is 1. The van der Waals surface area contributed by atoms with Crippen LogP contribution in [-0.2, 0) is 22.1 Å². The zero-order valence-electron chi connectivity index (χ0n) is 15.8. The first kappa shape index (κ1) is 21.3. The Bertz CT molecular complexity index is 1020. The lowest BCUT2D eigenvalue weighted by Gasteiger charge is -2.26. The lowest BCUT2D eigenvalue weighted by molar-refractivity contribution is -0.137. The van der Waals surface area contributed by atoms with Crippen molar-refractivity contribution in [3.05, 3.63) is 45.9 Å². The number of ether oxygens (including phenoxy) is 1. The summed E-state index contributed by atoms with van der Waals surface area (Å²) >= 11 is 2.42. The number of hydrogen-bond acceptors (Lipinski definition) is 6. The number of morpholine rings is 1. The number of aryl methyl sites for hydroxylation is 1. The number of carbonyl (C=O) groups excluding carboxylic acids is 1. The molecule has 2 aliphatic heterocycles. The van der Waals surface area contributed by atoms with Crippen molar-refractivity contribution in [2.24, 2.45) is 0 Å². The van der Waals surface area contributed by atoms with Crippen molar-refractivity contribution < 1.29 is 22.7 Å². The number of hydrogen-bond donors (Lipinski definition) is 0. The minimum Gasteiger partial charge on any atom is -0.378 e. The molecule has 30 heavy (non-hydrogen) atoms. The van der Waals surface area contributed by atoms with Crippen LogP contribution in [0.15, 0.2) is 39.1 Å². The predicted octanol–water partition coefficient (Wildman–Crippen LogP) is 2.85. The number of alkyl halides is 3. The average Bonchev–Trinajstić information content (AvgIpc) is 3.21. The summed E-state index contributed by atoms with van der Waals surface area (Å²) < 4.78 is 46.0. The highest BCUT2D eigenvalue weighted by Crippen LogP contribution is 2.33. The van der Waals surface area contributed by atoms with Crippen LogP contribution in [0.25, 0.3) is 5.69 Å². The minimum absolute atomic E-state index is 0.0390. The first-order chi connectivity index (χ1) is 14.3. The van der Waals surface area contributed by atoms with Gasteiger partial charge in [0.2, 0.25) is 5.91 Å². The maximum Gasteiger partial charge on any atom is 0.416 e. The van der Waals surface area contributed by atoms with Crippen molar-refractivity contribution in [2.75, 3.05) is 37.8 Å². The summed E-state index contributed by atoms with van der Waals surface area (Å²) in [4.78, 5) is 32.2. The zero-order chi connectivity index (χ0) is 21.3. The molecule has 0 unspecified atom stereocenters. The Labute approximate surface area is 178 Å². The number of halogens is 3. The molecule has 0 saturated carbocycles. The normalized spacial score (nSPS) is 16.6. The quantitative estimate of drug-likeness (QED) is 0.520. The standard InChI is InChI=1S/C19H18F3N3O3S2/c20-19(21,22)12-2-1-3-13(10-12)25-17(27)16-14(4-9-29-16)23-18(25)30-11-15(26)24-5-7-28-8-6-24/h1-3,10H,4-9,11H2. The third kappa shape index (κ3) is 4.37. The third-order valence-corrected chi connectivity index (χ3v) is 6.82. The molecule has 0 spiro atoms. The van der Waals surface area contributed by atoms with Gasteiger partial charge < -0.3 is 9.64 Å². The molecule has 0 radical (unpaired) electrons. The molecular formula is C19H18F3N3O3S2. The largest absolute Gasteiger partial charge is 0.416 e. The van der Waals surface area contributed by atoms with Crippen molar-refractivity contribution >= 4 is 29.4 Å². The van der Waals surface area contributed by atoms with Gasteiger partial charge in [0.05, 0.1) is 40.8 Å². The molecule has 1 fully saturated rings. The van der Waals surface area contributed by atoms with Gasteiger partial charge in [-0.15, -0.1) is 11.8 Å². The number of thioether (sulfide) groups is 2. The topological polar surface area (TPSA) is 64.4 Å². The Hall–Kier alpha value is -1.98. The fraction of sp³-hybridized carbons (Fsp3) is 0.421. The maximum absolute atomic E-state index is 13.2. The van der Waals surface area contributed by atoms with Crippen molar-refractivity contribution in [1.29, 1.82) is 0 Å². The van der Waals surface area contributed by atoms with E-state index in [4.69, 9.17) is 4.74 Å². The van der Waals surface area contributed by atoms with Crippen LogP contribution in [0, 0.1) is 0 Å². The molecule has 3 heterocycles. The summed E-state index contributed by atoms with van der Waals surface area (Å²) in [6, 6.07) is 4.60. The summed E-state index contributed by atoms with van der Waals surface area (Å²) in [6.07, 6.45) is -3.91. The van der Waals surface area contributed by atoms with Gasteiger partial charge in [-0.05, 0) is 18.2 Å². The molecule has 0 N–H and O–H groups in total. The first-order valence-corrected chi connectivity index (χ1v) is 11.3. The minimum atomic E-state index is -4.53. The molecule has 4 rings (SSSR count). The van der Waals surface area contributed by atoms with E-state index in [9.17, 15) is 22.8 Å². The van der Waals surface area contributed by atoms with Crippen LogP contribution in [0.3, 0.4) is 0 Å². The number of nitrogens with zero attached hydrogens (tertiary/aromatic N) is 3. The number of aromatic nitrogens is 2. The highest BCUT2D eigenvalue weighted by atomic mass is 32.2. The molecule has 0 atom stereocenters. The maximum atomic E-state index is 13.2. The van der Waals surface area contributed by atoms with Crippen LogP contribution in [0.5, 0.6) is 0 Å². The van der Waals surface area contributed by atoms with Gasteiger partial charge in [-0.25, -0.2) is 4.98 Å². The van der Waals surface area contributed by atoms with Crippen molar-refractivity contribution in [1.82, 2.24) is 14.5 Å². The Kier molecular flexibility index (Phi) is 6.12. The van der Waals surface area contributed by atoms with Gasteiger partial charge in [0, 0.05) is 25.3 Å². The van der Waals surface area contributed by atoms with Gasteiger partial charge in [-0.3, -0.25) is 14.2 Å². The van der Waals surface area contributed by atoms with Crippen molar-refractivity contribution in [3.8, 4) is 5.69 Å². The Morgan fingerprint density at radius 3 is 2.77 bits per heavy atom. The van der Waals surface area contributed by atoms with E-state index in [-0.39, 0.29) is 22.5 Å². The van der Waals surface area contributed by atoms with Crippen LogP contribution in [0.2, 0.25) is 0 Å². The Morgan fingerprint density at radius 2 is 2.03 bits per heavy atom. The van der Waals surface area contributed by atoms with E-state index in [2.05, 4.69) is 4.98 Å². The smallest absolute Gasteiger partial charge is 0.378 e. The van der Waals surface area contributed by atoms with Crippen LogP contribution in [0.1, 0.15) is 11.3 Å². The molecule has 160 valence electrons. The number of rotatable bonds is 4. The van der Waals surface area contributed by atoms with Crippen molar-refractivity contribution in [3.63, 3.8) is 0 Å². The molecule has 1 amide bonds. The van der Waals surface area contributed by atoms with E-state index in [1.54, 1.807) is 4.90 Å². The van der Waals surface area contributed by atoms with Crippen LogP contribution < -0.4 is 5.56 Å². The lowest BCUT2D eigenvalue weighted by atomic mass is 10.2. The summed E-state index contributed by atoms with van der Waals surface area (Å²) in [7, 11) is 0. The summed E-state index contributed by atoms with van der Waals surface area (Å²) in [6.45, 7) is 1.93. The average molecular weight is 457 g/mol. The molecule has 6 nitrogen and oxygen atoms in total. The molecule has 1 saturated heterocycles. The molecule has 1 aromatic carbocycles. The predicted molar refractivity (Wildman–Crippen MR) is 107 cm³/mol. The fourth-order valence-corrected chi connectivity index (χ4v) is 5.22. The van der Waals surface area contributed by atoms with E-state index in [0.29, 0.717) is 49.1 Å². The van der Waals surface area contributed by atoms with E-state index in [0.717, 1.165) is 23.9 Å². The molecule has 2 aliphatic rings. The molecule has 1 aromatic heterocycles. The van der Waals surface area contributed by atoms with Gasteiger partial charge in [-0.2, -0.15) is 13.2 Å². The number of carbonyl (C=O) groups is 1. The van der Waals surface area contributed by atoms with Crippen LogP contribution in [-0.4, -0.2) is 58.2 Å². The van der Waals surface area contributed by atoms with Gasteiger partial charge in [0.15, 0.2) is 5.16 Å². The SMILES string of the molecule is O=C(CSc1nc2c(c(=O)n1-c1cccc(C(F)(F)F)c1)SCC2)N1CCOCC1. The van der Waals surface area contributed by atoms with Crippen LogP contribution >= 0.6 is 23.5 Å². The summed E-state index contributed by atoms with van der Waals surface area (Å²) in [5, 5.41) is 0.224. The summed E-state index contributed by atoms with van der Waals surface area (Å²) in [5.41, 5.74) is -0.531. The Balaban J connectivity index is 1.69. The molecule has 0 bridgehead atoms. The highest BCUT2D eigenvalue weighted by Gasteiger charge is 2.31. The second-order valence-corrected chi connectivity index (χ2v) is 8.79. The lowest BCUT2D eigenvalue weighted by Crippen LogP contribution is -2.41. The molecule has 2 aromatic rings. The van der Waals surface area contributed by atoms with Crippen LogP contribution in [0.4, 0.5) is 13.2 Å². The number of fused-ring (bicyclic) bond motifs is 1. The second kappa shape index (κ2) is 8.64. The molecular weight excluding hydrogens is 439 g/mol. The summed E-state index contributed by atoms with van der Waals surface area (Å²) in [5.74, 6) is 0.612. The second-order valence-electron chi connectivity index (χ2n) is 6.74. The van der Waals surface area contributed by atoms with Gasteiger partial charge in [-0.1, -0.05) is 17.8 Å². The van der Waals surface area contributed by atoms with E-state index in [1.807, 2.05) is 0 Å².